The van der Waals surface area contributed by atoms with E-state index in [4.69, 9.17) is 9.52 Å². The molecule has 0 aliphatic carbocycles. The number of amides is 1. The second-order valence-electron chi connectivity index (χ2n) is 5.04. The summed E-state index contributed by atoms with van der Waals surface area (Å²) in [4.78, 5) is 12.0. The number of nitrogens with one attached hydrogen (secondary N) is 1. The molecule has 9 heteroatoms. The second-order valence-corrected chi connectivity index (χ2v) is 5.04. The average Bonchev–Trinajstić information content (AvgIpc) is 3.03. The van der Waals surface area contributed by atoms with Crippen LogP contribution >= 0.6 is 0 Å². The van der Waals surface area contributed by atoms with E-state index >= 15 is 0 Å². The van der Waals surface area contributed by atoms with Crippen molar-refractivity contribution in [1.29, 1.82) is 0 Å². The van der Waals surface area contributed by atoms with E-state index in [0.29, 0.717) is 17.5 Å². The Bertz CT molecular complexity index is 955. The topological polar surface area (TPSA) is 88.2 Å². The van der Waals surface area contributed by atoms with Crippen molar-refractivity contribution >= 4 is 11.6 Å². The monoisotopic (exact) mass is 349 g/mol. The van der Waals surface area contributed by atoms with Crippen LogP contribution in [0.3, 0.4) is 0 Å². The molecule has 2 aromatic carbocycles. The zero-order chi connectivity index (χ0) is 18.1. The predicted molar refractivity (Wildman–Crippen MR) is 80.4 cm³/mol. The van der Waals surface area contributed by atoms with E-state index in [-0.39, 0.29) is 11.6 Å². The van der Waals surface area contributed by atoms with Gasteiger partial charge in [0.2, 0.25) is 17.6 Å². The molecular formula is C16H10F3N3O3. The number of phenols is 1. The molecule has 6 nitrogen and oxygen atoms in total. The molecular weight excluding hydrogens is 339 g/mol. The SMILES string of the molecule is Cc1nnc(-c2ccc(NC(=O)c3cc(F)c(F)c(O)c3F)cc2)o1. The molecule has 0 aliphatic rings. The van der Waals surface area contributed by atoms with Crippen molar-refractivity contribution in [2.45, 2.75) is 6.92 Å². The Morgan fingerprint density at radius 3 is 2.40 bits per heavy atom. The molecule has 0 saturated carbocycles. The fourth-order valence-corrected chi connectivity index (χ4v) is 2.06. The van der Waals surface area contributed by atoms with Crippen LogP contribution in [0.25, 0.3) is 11.5 Å². The fourth-order valence-electron chi connectivity index (χ4n) is 2.06. The van der Waals surface area contributed by atoms with Crippen molar-refractivity contribution in [3.63, 3.8) is 0 Å². The summed E-state index contributed by atoms with van der Waals surface area (Å²) in [5.74, 6) is -6.76. The normalized spacial score (nSPS) is 10.7. The van der Waals surface area contributed by atoms with E-state index < -0.39 is 34.7 Å². The predicted octanol–water partition coefficient (Wildman–Crippen LogP) is 3.42. The van der Waals surface area contributed by atoms with Gasteiger partial charge in [-0.1, -0.05) is 0 Å². The third-order valence-corrected chi connectivity index (χ3v) is 3.29. The third kappa shape index (κ3) is 3.16. The molecule has 25 heavy (non-hydrogen) atoms. The molecule has 3 aromatic rings. The maximum atomic E-state index is 13.7. The highest BCUT2D eigenvalue weighted by Crippen LogP contribution is 2.27. The number of benzene rings is 2. The Morgan fingerprint density at radius 1 is 1.12 bits per heavy atom. The minimum Gasteiger partial charge on any atom is -0.503 e. The molecule has 0 aliphatic heterocycles. The highest BCUT2D eigenvalue weighted by molar-refractivity contribution is 6.04. The van der Waals surface area contributed by atoms with Crippen LogP contribution in [0.15, 0.2) is 34.7 Å². The van der Waals surface area contributed by atoms with Gasteiger partial charge >= 0.3 is 0 Å². The van der Waals surface area contributed by atoms with Crippen molar-refractivity contribution in [1.82, 2.24) is 10.2 Å². The molecule has 1 heterocycles. The summed E-state index contributed by atoms with van der Waals surface area (Å²) in [5.41, 5.74) is 0.0249. The standard InChI is InChI=1S/C16H10F3N3O3/c1-7-21-22-16(25-7)8-2-4-9(5-3-8)20-15(24)10-6-11(17)13(19)14(23)12(10)18/h2-6,23H,1H3,(H,20,24). The number of hydrogen-bond donors (Lipinski definition) is 2. The van der Waals surface area contributed by atoms with Gasteiger partial charge in [0.15, 0.2) is 17.4 Å². The number of carbonyl (C=O) groups excluding carboxylic acids is 1. The lowest BCUT2D eigenvalue weighted by Gasteiger charge is -2.08. The largest absolute Gasteiger partial charge is 0.503 e. The number of rotatable bonds is 3. The maximum absolute atomic E-state index is 13.7. The van der Waals surface area contributed by atoms with Crippen LogP contribution in [0.5, 0.6) is 5.75 Å². The van der Waals surface area contributed by atoms with Crippen molar-refractivity contribution in [3.05, 3.63) is 59.2 Å². The first kappa shape index (κ1) is 16.5. The van der Waals surface area contributed by atoms with Gasteiger partial charge < -0.3 is 14.8 Å². The summed E-state index contributed by atoms with van der Waals surface area (Å²) < 4.78 is 45.3. The number of nitrogens with zero attached hydrogens (tertiary/aromatic N) is 2. The summed E-state index contributed by atoms with van der Waals surface area (Å²) in [6, 6.07) is 6.47. The van der Waals surface area contributed by atoms with Crippen molar-refractivity contribution in [2.24, 2.45) is 0 Å². The molecule has 0 atom stereocenters. The number of halogens is 3. The molecule has 0 spiro atoms. The number of aryl methyl sites for hydroxylation is 1. The minimum absolute atomic E-state index is 0.258. The van der Waals surface area contributed by atoms with Crippen LogP contribution < -0.4 is 5.32 Å². The van der Waals surface area contributed by atoms with E-state index in [2.05, 4.69) is 15.5 Å². The lowest BCUT2D eigenvalue weighted by molar-refractivity contribution is 0.102. The summed E-state index contributed by atoms with van der Waals surface area (Å²) in [7, 11) is 0. The fraction of sp³-hybridized carbons (Fsp3) is 0.0625. The Labute approximate surface area is 138 Å². The molecule has 0 bridgehead atoms. The first-order valence-electron chi connectivity index (χ1n) is 6.95. The van der Waals surface area contributed by atoms with Gasteiger partial charge in [0.1, 0.15) is 0 Å². The number of anilines is 1. The van der Waals surface area contributed by atoms with Gasteiger partial charge in [-0.2, -0.15) is 4.39 Å². The van der Waals surface area contributed by atoms with Gasteiger partial charge in [-0.15, -0.1) is 10.2 Å². The van der Waals surface area contributed by atoms with Crippen LogP contribution in [-0.2, 0) is 0 Å². The van der Waals surface area contributed by atoms with Crippen LogP contribution in [0.2, 0.25) is 0 Å². The third-order valence-electron chi connectivity index (χ3n) is 3.29. The number of phenolic OH excluding ortho intramolecular Hbond substituents is 1. The van der Waals surface area contributed by atoms with Gasteiger partial charge in [0.25, 0.3) is 5.91 Å². The number of carbonyl (C=O) groups is 1. The van der Waals surface area contributed by atoms with Crippen LogP contribution in [0, 0.1) is 24.4 Å². The van der Waals surface area contributed by atoms with Crippen LogP contribution in [0.1, 0.15) is 16.2 Å². The van der Waals surface area contributed by atoms with E-state index in [1.54, 1.807) is 19.1 Å². The number of hydrogen-bond acceptors (Lipinski definition) is 5. The Hall–Kier alpha value is -3.36. The van der Waals surface area contributed by atoms with E-state index in [1.165, 1.54) is 12.1 Å². The zero-order valence-corrected chi connectivity index (χ0v) is 12.7. The van der Waals surface area contributed by atoms with Crippen LogP contribution in [0.4, 0.5) is 18.9 Å². The zero-order valence-electron chi connectivity index (χ0n) is 12.7. The Balaban J connectivity index is 1.82. The molecule has 3 rings (SSSR count). The maximum Gasteiger partial charge on any atom is 0.258 e. The highest BCUT2D eigenvalue weighted by Gasteiger charge is 2.22. The quantitative estimate of drug-likeness (QED) is 0.708. The lowest BCUT2D eigenvalue weighted by Crippen LogP contribution is -2.15. The first-order chi connectivity index (χ1) is 11.9. The van der Waals surface area contributed by atoms with Crippen molar-refractivity contribution in [3.8, 4) is 17.2 Å². The molecule has 0 saturated heterocycles. The van der Waals surface area contributed by atoms with Gasteiger partial charge in [0, 0.05) is 18.2 Å². The first-order valence-corrected chi connectivity index (χ1v) is 6.95. The van der Waals surface area contributed by atoms with Gasteiger partial charge in [-0.25, -0.2) is 8.78 Å². The Kier molecular flexibility index (Phi) is 4.14. The minimum atomic E-state index is -1.76. The summed E-state index contributed by atoms with van der Waals surface area (Å²) >= 11 is 0. The van der Waals surface area contributed by atoms with E-state index in [0.717, 1.165) is 0 Å². The number of aromatic nitrogens is 2. The molecule has 1 amide bonds. The van der Waals surface area contributed by atoms with Crippen molar-refractivity contribution in [2.75, 3.05) is 5.32 Å². The molecule has 0 radical (unpaired) electrons. The molecule has 0 fully saturated rings. The van der Waals surface area contributed by atoms with E-state index in [9.17, 15) is 18.0 Å². The van der Waals surface area contributed by atoms with Gasteiger partial charge in [-0.3, -0.25) is 4.79 Å². The molecule has 1 aromatic heterocycles. The molecule has 2 N–H and O–H groups in total. The lowest BCUT2D eigenvalue weighted by atomic mass is 10.1. The highest BCUT2D eigenvalue weighted by atomic mass is 19.2. The molecule has 128 valence electrons. The average molecular weight is 349 g/mol. The van der Waals surface area contributed by atoms with Gasteiger partial charge in [0.05, 0.1) is 5.56 Å². The number of aromatic hydroxyl groups is 1. The smallest absolute Gasteiger partial charge is 0.258 e. The summed E-state index contributed by atoms with van der Waals surface area (Å²) in [6.45, 7) is 1.64. The Morgan fingerprint density at radius 2 is 1.80 bits per heavy atom. The van der Waals surface area contributed by atoms with Gasteiger partial charge in [-0.05, 0) is 30.3 Å². The van der Waals surface area contributed by atoms with E-state index in [1.807, 2.05) is 0 Å². The van der Waals surface area contributed by atoms with Crippen molar-refractivity contribution < 1.29 is 27.5 Å². The molecule has 0 unspecified atom stereocenters. The summed E-state index contributed by atoms with van der Waals surface area (Å²) in [6.07, 6.45) is 0. The van der Waals surface area contributed by atoms with Crippen LogP contribution in [-0.4, -0.2) is 21.2 Å². The summed E-state index contributed by atoms with van der Waals surface area (Å²) in [5, 5.41) is 19.0. The second kappa shape index (κ2) is 6.27.